The zero-order valence-corrected chi connectivity index (χ0v) is 8.73. The largest absolute Gasteiger partial charge is 0.465 e. The number of aromatic nitrogens is 1. The average Bonchev–Trinajstić information content (AvgIpc) is 2.27. The zero-order chi connectivity index (χ0) is 11.1. The van der Waals surface area contributed by atoms with Crippen molar-refractivity contribution in [3.63, 3.8) is 0 Å². The number of hydrogen-bond acceptors (Lipinski definition) is 5. The standard InChI is InChI=1S/C10H13NO4/c1-3-14-10(12)9-8(15-7-13-2)5-4-6-11-9/h4-6H,3,7H2,1-2H3. The molecule has 1 rings (SSSR count). The molecule has 5 nitrogen and oxygen atoms in total. The summed E-state index contributed by atoms with van der Waals surface area (Å²) in [7, 11) is 1.50. The van der Waals surface area contributed by atoms with E-state index < -0.39 is 5.97 Å². The van der Waals surface area contributed by atoms with Crippen LogP contribution in [-0.2, 0) is 9.47 Å². The molecule has 0 fully saturated rings. The molecule has 0 bridgehead atoms. The minimum Gasteiger partial charge on any atom is -0.465 e. The highest BCUT2D eigenvalue weighted by atomic mass is 16.7. The molecule has 1 aromatic heterocycles. The Bertz CT molecular complexity index is 327. The second kappa shape index (κ2) is 5.98. The molecule has 0 aliphatic rings. The fourth-order valence-electron chi connectivity index (χ4n) is 0.982. The zero-order valence-electron chi connectivity index (χ0n) is 8.73. The van der Waals surface area contributed by atoms with E-state index in [1.165, 1.54) is 13.3 Å². The van der Waals surface area contributed by atoms with Crippen molar-refractivity contribution in [1.29, 1.82) is 0 Å². The monoisotopic (exact) mass is 211 g/mol. The molecule has 1 aromatic rings. The molecule has 0 aliphatic carbocycles. The predicted molar refractivity (Wildman–Crippen MR) is 52.7 cm³/mol. The van der Waals surface area contributed by atoms with E-state index >= 15 is 0 Å². The molecule has 0 saturated heterocycles. The van der Waals surface area contributed by atoms with E-state index in [9.17, 15) is 4.79 Å². The Labute approximate surface area is 88.0 Å². The van der Waals surface area contributed by atoms with Crippen LogP contribution in [0.3, 0.4) is 0 Å². The van der Waals surface area contributed by atoms with Gasteiger partial charge in [-0.25, -0.2) is 9.78 Å². The molecule has 0 N–H and O–H groups in total. The van der Waals surface area contributed by atoms with Gasteiger partial charge in [0.15, 0.2) is 18.2 Å². The summed E-state index contributed by atoms with van der Waals surface area (Å²) in [5.41, 5.74) is 0.163. The molecule has 0 radical (unpaired) electrons. The minimum atomic E-state index is -0.496. The van der Waals surface area contributed by atoms with Gasteiger partial charge in [0.25, 0.3) is 0 Å². The first-order valence-corrected chi connectivity index (χ1v) is 4.53. The molecule has 82 valence electrons. The Kier molecular flexibility index (Phi) is 4.56. The summed E-state index contributed by atoms with van der Waals surface area (Å²) in [4.78, 5) is 15.3. The molecular weight excluding hydrogens is 198 g/mol. The number of esters is 1. The number of hydrogen-bond donors (Lipinski definition) is 0. The predicted octanol–water partition coefficient (Wildman–Crippen LogP) is 1.24. The van der Waals surface area contributed by atoms with E-state index in [1.807, 2.05) is 0 Å². The molecule has 15 heavy (non-hydrogen) atoms. The van der Waals surface area contributed by atoms with E-state index in [-0.39, 0.29) is 12.5 Å². The maximum Gasteiger partial charge on any atom is 0.360 e. The van der Waals surface area contributed by atoms with Gasteiger partial charge in [0.05, 0.1) is 6.61 Å². The summed E-state index contributed by atoms with van der Waals surface area (Å²) in [6.45, 7) is 2.10. The topological polar surface area (TPSA) is 57.7 Å². The lowest BCUT2D eigenvalue weighted by atomic mass is 10.3. The van der Waals surface area contributed by atoms with Crippen LogP contribution in [0, 0.1) is 0 Å². The van der Waals surface area contributed by atoms with E-state index in [2.05, 4.69) is 4.98 Å². The molecule has 0 aromatic carbocycles. The van der Waals surface area contributed by atoms with E-state index in [0.717, 1.165) is 0 Å². The lowest BCUT2D eigenvalue weighted by Gasteiger charge is -2.08. The van der Waals surface area contributed by atoms with Crippen molar-refractivity contribution < 1.29 is 19.0 Å². The summed E-state index contributed by atoms with van der Waals surface area (Å²) in [5, 5.41) is 0. The van der Waals surface area contributed by atoms with Crippen LogP contribution in [0.15, 0.2) is 18.3 Å². The third-order valence-corrected chi connectivity index (χ3v) is 1.57. The van der Waals surface area contributed by atoms with Gasteiger partial charge in [-0.1, -0.05) is 0 Å². The molecule has 0 amide bonds. The third kappa shape index (κ3) is 3.21. The van der Waals surface area contributed by atoms with E-state index in [1.54, 1.807) is 19.1 Å². The number of carbonyl (C=O) groups excluding carboxylic acids is 1. The second-order valence-corrected chi connectivity index (χ2v) is 2.62. The lowest BCUT2D eigenvalue weighted by molar-refractivity contribution is 0.0429. The van der Waals surface area contributed by atoms with Crippen LogP contribution in [0.1, 0.15) is 17.4 Å². The van der Waals surface area contributed by atoms with Gasteiger partial charge in [0.1, 0.15) is 0 Å². The van der Waals surface area contributed by atoms with Crippen LogP contribution in [0.5, 0.6) is 5.75 Å². The van der Waals surface area contributed by atoms with Crippen molar-refractivity contribution in [2.75, 3.05) is 20.5 Å². The van der Waals surface area contributed by atoms with Crippen LogP contribution in [-0.4, -0.2) is 31.5 Å². The Hall–Kier alpha value is -1.62. The number of ether oxygens (including phenoxy) is 3. The van der Waals surface area contributed by atoms with Crippen LogP contribution in [0.2, 0.25) is 0 Å². The molecule has 5 heteroatoms. The quantitative estimate of drug-likeness (QED) is 0.541. The summed E-state index contributed by atoms with van der Waals surface area (Å²) in [6, 6.07) is 3.31. The van der Waals surface area contributed by atoms with Crippen molar-refractivity contribution in [1.82, 2.24) is 4.98 Å². The van der Waals surface area contributed by atoms with Gasteiger partial charge in [0.2, 0.25) is 0 Å². The average molecular weight is 211 g/mol. The van der Waals surface area contributed by atoms with Gasteiger partial charge in [0, 0.05) is 13.3 Å². The van der Waals surface area contributed by atoms with Gasteiger partial charge in [-0.15, -0.1) is 0 Å². The summed E-state index contributed by atoms with van der Waals surface area (Å²) in [6.07, 6.45) is 1.51. The molecule has 1 heterocycles. The molecule has 0 spiro atoms. The molecule has 0 atom stereocenters. The molecule has 0 saturated carbocycles. The van der Waals surface area contributed by atoms with Crippen LogP contribution < -0.4 is 4.74 Å². The van der Waals surface area contributed by atoms with Gasteiger partial charge in [-0.3, -0.25) is 0 Å². The van der Waals surface area contributed by atoms with Crippen molar-refractivity contribution in [2.24, 2.45) is 0 Å². The van der Waals surface area contributed by atoms with Crippen LogP contribution >= 0.6 is 0 Å². The Morgan fingerprint density at radius 3 is 3.00 bits per heavy atom. The van der Waals surface area contributed by atoms with Gasteiger partial charge >= 0.3 is 5.97 Å². The number of rotatable bonds is 5. The van der Waals surface area contributed by atoms with Gasteiger partial charge < -0.3 is 14.2 Å². The first-order valence-electron chi connectivity index (χ1n) is 4.53. The number of methoxy groups -OCH3 is 1. The van der Waals surface area contributed by atoms with Crippen LogP contribution in [0.4, 0.5) is 0 Å². The van der Waals surface area contributed by atoms with Crippen molar-refractivity contribution in [3.8, 4) is 5.75 Å². The normalized spacial score (nSPS) is 9.73. The first-order chi connectivity index (χ1) is 7.29. The first kappa shape index (κ1) is 11.5. The van der Waals surface area contributed by atoms with Crippen LogP contribution in [0.25, 0.3) is 0 Å². The smallest absolute Gasteiger partial charge is 0.360 e. The van der Waals surface area contributed by atoms with Crippen molar-refractivity contribution in [3.05, 3.63) is 24.0 Å². The highest BCUT2D eigenvalue weighted by Gasteiger charge is 2.14. The molecule has 0 unspecified atom stereocenters. The minimum absolute atomic E-state index is 0.0676. The Balaban J connectivity index is 2.80. The van der Waals surface area contributed by atoms with Crippen molar-refractivity contribution >= 4 is 5.97 Å². The highest BCUT2D eigenvalue weighted by Crippen LogP contribution is 2.16. The fraction of sp³-hybridized carbons (Fsp3) is 0.400. The lowest BCUT2D eigenvalue weighted by Crippen LogP contribution is -2.10. The summed E-state index contributed by atoms with van der Waals surface area (Å²) in [5.74, 6) is -0.137. The number of carbonyl (C=O) groups is 1. The van der Waals surface area contributed by atoms with Crippen molar-refractivity contribution in [2.45, 2.75) is 6.92 Å². The number of pyridine rings is 1. The van der Waals surface area contributed by atoms with Gasteiger partial charge in [-0.05, 0) is 19.1 Å². The third-order valence-electron chi connectivity index (χ3n) is 1.57. The fourth-order valence-corrected chi connectivity index (χ4v) is 0.982. The summed E-state index contributed by atoms with van der Waals surface area (Å²) >= 11 is 0. The van der Waals surface area contributed by atoms with Gasteiger partial charge in [-0.2, -0.15) is 0 Å². The maximum absolute atomic E-state index is 11.4. The summed E-state index contributed by atoms with van der Waals surface area (Å²) < 4.78 is 14.7. The number of nitrogens with zero attached hydrogens (tertiary/aromatic N) is 1. The maximum atomic E-state index is 11.4. The molecular formula is C10H13NO4. The highest BCUT2D eigenvalue weighted by molar-refractivity contribution is 5.90. The SMILES string of the molecule is CCOC(=O)c1ncccc1OCOC. The molecule has 0 aliphatic heterocycles. The van der Waals surface area contributed by atoms with E-state index in [4.69, 9.17) is 14.2 Å². The second-order valence-electron chi connectivity index (χ2n) is 2.62. The Morgan fingerprint density at radius 2 is 2.33 bits per heavy atom. The van der Waals surface area contributed by atoms with E-state index in [0.29, 0.717) is 12.4 Å². The Morgan fingerprint density at radius 1 is 1.53 bits per heavy atom.